The van der Waals surface area contributed by atoms with E-state index in [1.54, 1.807) is 41.5 Å². The van der Waals surface area contributed by atoms with Crippen LogP contribution in [-0.2, 0) is 62.3 Å². The molecule has 3 aliphatic rings. The molecule has 474 valence electrons. The number of carboxylic acids is 2. The van der Waals surface area contributed by atoms with E-state index in [0.29, 0.717) is 19.3 Å². The topological polar surface area (TPSA) is 415 Å². The van der Waals surface area contributed by atoms with Gasteiger partial charge >= 0.3 is 11.9 Å². The Balaban J connectivity index is 1.72. The van der Waals surface area contributed by atoms with Crippen LogP contribution in [0.25, 0.3) is 0 Å². The van der Waals surface area contributed by atoms with Crippen molar-refractivity contribution in [2.75, 3.05) is 32.8 Å². The van der Waals surface area contributed by atoms with E-state index in [0.717, 1.165) is 0 Å². The number of nitrogens with zero attached hydrogens (tertiary/aromatic N) is 3. The van der Waals surface area contributed by atoms with Crippen LogP contribution in [0.15, 0.2) is 0 Å². The molecular formula is C56H94N12O16. The smallest absolute Gasteiger partial charge is 0.326 e. The maximum absolute atomic E-state index is 14.5. The SMILES string of the molecule is CC(C)C[C@H](NC(=O)CNC(=O)[C@@H](NC(=O)[C@H](CC(C)C)NC(=O)[C@H](C)NC(=O)[C@H](CC(=O)O)NC(=O)[C@@H]1CCCN1C(=O)[C@@H]1CCCN1C(=O)[C@@H]1CCCN1C(=O)[C@H](CC(C)C)NC(=O)[C@H](CC(C)C)NC(=O)[C@@H](N)CO)C(C)C)C(=O)O. The lowest BCUT2D eigenvalue weighted by molar-refractivity contribution is -0.151. The minimum atomic E-state index is -1.75. The number of rotatable bonds is 32. The van der Waals surface area contributed by atoms with E-state index in [-0.39, 0.29) is 88.3 Å². The first-order chi connectivity index (χ1) is 39.3. The second-order valence-electron chi connectivity index (χ2n) is 24.4. The van der Waals surface area contributed by atoms with Crippen LogP contribution in [0.1, 0.15) is 147 Å². The summed E-state index contributed by atoms with van der Waals surface area (Å²) in [6.07, 6.45) is 1.54. The summed E-state index contributed by atoms with van der Waals surface area (Å²) in [7, 11) is 0. The molecular weight excluding hydrogens is 1100 g/mol. The molecule has 28 nitrogen and oxygen atoms in total. The van der Waals surface area contributed by atoms with Crippen LogP contribution in [0.4, 0.5) is 0 Å². The van der Waals surface area contributed by atoms with E-state index in [1.165, 1.54) is 21.6 Å². The van der Waals surface area contributed by atoms with Crippen LogP contribution < -0.4 is 48.3 Å². The van der Waals surface area contributed by atoms with Gasteiger partial charge in [-0.25, -0.2) is 4.79 Å². The molecule has 0 bridgehead atoms. The van der Waals surface area contributed by atoms with Crippen molar-refractivity contribution in [2.45, 2.75) is 213 Å². The lowest BCUT2D eigenvalue weighted by Crippen LogP contribution is -2.60. The van der Waals surface area contributed by atoms with Crippen LogP contribution in [0, 0.1) is 29.6 Å². The Morgan fingerprint density at radius 2 is 0.905 bits per heavy atom. The van der Waals surface area contributed by atoms with Gasteiger partial charge in [-0.1, -0.05) is 69.2 Å². The van der Waals surface area contributed by atoms with Crippen LogP contribution in [0.5, 0.6) is 0 Å². The number of nitrogens with one attached hydrogen (secondary N) is 8. The minimum absolute atomic E-state index is 0.0474. The molecule has 13 N–H and O–H groups in total. The summed E-state index contributed by atoms with van der Waals surface area (Å²) in [6, 6.07) is -13.4. The van der Waals surface area contributed by atoms with Gasteiger partial charge in [-0.2, -0.15) is 0 Å². The summed E-state index contributed by atoms with van der Waals surface area (Å²) in [6.45, 7) is 18.3. The fourth-order valence-corrected chi connectivity index (χ4v) is 10.5. The number of nitrogens with two attached hydrogens (primary N) is 1. The third-order valence-corrected chi connectivity index (χ3v) is 14.8. The van der Waals surface area contributed by atoms with Crippen molar-refractivity contribution in [3.63, 3.8) is 0 Å². The summed E-state index contributed by atoms with van der Waals surface area (Å²) in [5.41, 5.74) is 5.70. The Labute approximate surface area is 491 Å². The highest BCUT2D eigenvalue weighted by Gasteiger charge is 2.47. The molecule has 0 aromatic carbocycles. The van der Waals surface area contributed by atoms with Crippen molar-refractivity contribution in [1.29, 1.82) is 0 Å². The highest BCUT2D eigenvalue weighted by Crippen LogP contribution is 2.29. The predicted molar refractivity (Wildman–Crippen MR) is 304 cm³/mol. The predicted octanol–water partition coefficient (Wildman–Crippen LogP) is -1.79. The quantitative estimate of drug-likeness (QED) is 0.0354. The molecule has 11 amide bonds. The lowest BCUT2D eigenvalue weighted by Gasteiger charge is -2.35. The number of hydrogen-bond acceptors (Lipinski definition) is 15. The Kier molecular flexibility index (Phi) is 28.4. The van der Waals surface area contributed by atoms with Gasteiger partial charge < -0.3 is 78.3 Å². The Bertz CT molecular complexity index is 2370. The Morgan fingerprint density at radius 3 is 1.39 bits per heavy atom. The molecule has 0 aromatic rings. The number of carbonyl (C=O) groups excluding carboxylic acids is 11. The van der Waals surface area contributed by atoms with Crippen molar-refractivity contribution in [1.82, 2.24) is 57.2 Å². The van der Waals surface area contributed by atoms with Crippen LogP contribution in [-0.4, -0.2) is 206 Å². The monoisotopic (exact) mass is 1190 g/mol. The van der Waals surface area contributed by atoms with E-state index < -0.39 is 169 Å². The number of aliphatic hydroxyl groups is 1. The third kappa shape index (κ3) is 21.6. The van der Waals surface area contributed by atoms with Gasteiger partial charge in [0, 0.05) is 19.6 Å². The fourth-order valence-electron chi connectivity index (χ4n) is 10.5. The molecule has 0 radical (unpaired) electrons. The molecule has 3 rings (SSSR count). The van der Waals surface area contributed by atoms with Gasteiger partial charge in [-0.15, -0.1) is 0 Å². The molecule has 0 spiro atoms. The molecule has 3 aliphatic heterocycles. The number of amides is 11. The van der Waals surface area contributed by atoms with Crippen molar-refractivity contribution < 1.29 is 77.6 Å². The second-order valence-corrected chi connectivity index (χ2v) is 24.4. The average molecular weight is 1190 g/mol. The molecule has 3 saturated heterocycles. The first-order valence-electron chi connectivity index (χ1n) is 29.4. The van der Waals surface area contributed by atoms with Gasteiger partial charge in [0.25, 0.3) is 0 Å². The van der Waals surface area contributed by atoms with Gasteiger partial charge in [0.15, 0.2) is 0 Å². The largest absolute Gasteiger partial charge is 0.481 e. The highest BCUT2D eigenvalue weighted by molar-refractivity contribution is 6.00. The standard InChI is InChI=1S/C56H94N12O16/c1-28(2)21-35(62-47(74)34(57)27-69)49(76)64-38(23-30(5)6)53(80)67-19-13-16-41(67)55(82)68-20-14-17-42(68)54(81)66-18-12-15-40(66)51(78)63-37(25-44(71)72)48(75)59-33(11)46(73)61-36(22-29(3)4)50(77)65-45(32(9)10)52(79)58-26-43(70)60-39(56(83)84)24-31(7)8/h28-42,45,69H,12-27,57H2,1-11H3,(H,58,79)(H,59,75)(H,60,70)(H,61,73)(H,62,74)(H,63,78)(H,64,76)(H,65,77)(H,71,72)(H,83,84)/t33-,34-,35-,36-,37-,38-,39-,40-,41-,42-,45-/m0/s1. The molecule has 0 aromatic heterocycles. The van der Waals surface area contributed by atoms with Gasteiger partial charge in [0.2, 0.25) is 65.0 Å². The second kappa shape index (κ2) is 33.5. The zero-order chi connectivity index (χ0) is 63.4. The van der Waals surface area contributed by atoms with Crippen molar-refractivity contribution in [3.05, 3.63) is 0 Å². The number of likely N-dealkylation sites (tertiary alicyclic amines) is 3. The van der Waals surface area contributed by atoms with Gasteiger partial charge in [-0.05, 0) is 101 Å². The Hall–Kier alpha value is -6.97. The summed E-state index contributed by atoms with van der Waals surface area (Å²) < 4.78 is 0. The molecule has 11 atom stereocenters. The van der Waals surface area contributed by atoms with Crippen molar-refractivity contribution >= 4 is 76.9 Å². The van der Waals surface area contributed by atoms with Gasteiger partial charge in [0.1, 0.15) is 66.5 Å². The van der Waals surface area contributed by atoms with E-state index in [9.17, 15) is 77.6 Å². The molecule has 0 unspecified atom stereocenters. The third-order valence-electron chi connectivity index (χ3n) is 14.8. The van der Waals surface area contributed by atoms with Gasteiger partial charge in [-0.3, -0.25) is 57.5 Å². The number of carbonyl (C=O) groups is 13. The molecule has 0 aliphatic carbocycles. The average Bonchev–Trinajstić information content (AvgIpc) is 2.46. The summed E-state index contributed by atoms with van der Waals surface area (Å²) in [5.74, 6) is -11.7. The van der Waals surface area contributed by atoms with E-state index in [4.69, 9.17) is 5.73 Å². The van der Waals surface area contributed by atoms with Gasteiger partial charge in [0.05, 0.1) is 19.6 Å². The fraction of sp³-hybridized carbons (Fsp3) is 0.768. The summed E-state index contributed by atoms with van der Waals surface area (Å²) in [5, 5.41) is 48.9. The molecule has 84 heavy (non-hydrogen) atoms. The zero-order valence-corrected chi connectivity index (χ0v) is 50.6. The maximum Gasteiger partial charge on any atom is 0.326 e. The van der Waals surface area contributed by atoms with Crippen molar-refractivity contribution in [2.24, 2.45) is 35.3 Å². The number of carboxylic acid groups (broad SMARTS) is 2. The molecule has 28 heteroatoms. The molecule has 3 fully saturated rings. The Morgan fingerprint density at radius 1 is 0.476 bits per heavy atom. The normalized spacial score (nSPS) is 19.8. The highest BCUT2D eigenvalue weighted by atomic mass is 16.4. The van der Waals surface area contributed by atoms with Crippen LogP contribution in [0.3, 0.4) is 0 Å². The first-order valence-corrected chi connectivity index (χ1v) is 29.4. The van der Waals surface area contributed by atoms with Crippen LogP contribution >= 0.6 is 0 Å². The van der Waals surface area contributed by atoms with Crippen molar-refractivity contribution in [3.8, 4) is 0 Å². The number of hydrogen-bond donors (Lipinski definition) is 12. The summed E-state index contributed by atoms with van der Waals surface area (Å²) >= 11 is 0. The number of aliphatic carboxylic acids is 2. The van der Waals surface area contributed by atoms with E-state index in [2.05, 4.69) is 42.5 Å². The lowest BCUT2D eigenvalue weighted by atomic mass is 9.99. The first kappa shape index (κ1) is 71.3. The molecule has 3 heterocycles. The van der Waals surface area contributed by atoms with E-state index >= 15 is 0 Å². The number of aliphatic hydroxyl groups excluding tert-OH is 1. The summed E-state index contributed by atoms with van der Waals surface area (Å²) in [4.78, 5) is 179. The minimum Gasteiger partial charge on any atom is -0.481 e. The maximum atomic E-state index is 14.5. The zero-order valence-electron chi connectivity index (χ0n) is 50.6. The van der Waals surface area contributed by atoms with Crippen LogP contribution in [0.2, 0.25) is 0 Å². The van der Waals surface area contributed by atoms with E-state index in [1.807, 2.05) is 27.7 Å². The molecule has 0 saturated carbocycles.